The van der Waals surface area contributed by atoms with Crippen LogP contribution in [0.3, 0.4) is 0 Å². The van der Waals surface area contributed by atoms with Crippen molar-refractivity contribution in [1.82, 2.24) is 4.98 Å². The molecule has 35 heavy (non-hydrogen) atoms. The predicted octanol–water partition coefficient (Wildman–Crippen LogP) is 5.30. The summed E-state index contributed by atoms with van der Waals surface area (Å²) in [5.41, 5.74) is 5.96. The van der Waals surface area contributed by atoms with Gasteiger partial charge in [-0.15, -0.1) is 11.3 Å². The number of aromatic nitrogens is 1. The second-order valence-electron chi connectivity index (χ2n) is 8.43. The molecule has 0 saturated carbocycles. The number of carbonyl (C=O) groups excluding carboxylic acids is 2. The van der Waals surface area contributed by atoms with Crippen molar-refractivity contribution in [3.63, 3.8) is 0 Å². The summed E-state index contributed by atoms with van der Waals surface area (Å²) in [4.78, 5) is 32.3. The van der Waals surface area contributed by atoms with Gasteiger partial charge < -0.3 is 14.4 Å². The zero-order valence-electron chi connectivity index (χ0n) is 18.9. The molecule has 0 fully saturated rings. The molecule has 3 heterocycles. The van der Waals surface area contributed by atoms with Gasteiger partial charge in [0.1, 0.15) is 0 Å². The maximum absolute atomic E-state index is 13.1. The second-order valence-corrected chi connectivity index (χ2v) is 9.28. The maximum Gasteiger partial charge on any atom is 0.258 e. The summed E-state index contributed by atoms with van der Waals surface area (Å²) in [6, 6.07) is 18.8. The molecule has 8 heteroatoms. The molecule has 0 unspecified atom stereocenters. The summed E-state index contributed by atoms with van der Waals surface area (Å²) in [6.45, 7) is 2.77. The van der Waals surface area contributed by atoms with E-state index in [1.165, 1.54) is 11.3 Å². The van der Waals surface area contributed by atoms with E-state index in [4.69, 9.17) is 9.47 Å². The Morgan fingerprint density at radius 1 is 1.03 bits per heavy atom. The van der Waals surface area contributed by atoms with E-state index in [1.807, 2.05) is 53.6 Å². The van der Waals surface area contributed by atoms with Crippen molar-refractivity contribution >= 4 is 34.0 Å². The van der Waals surface area contributed by atoms with Crippen LogP contribution < -0.4 is 19.7 Å². The number of thiazole rings is 1. The third kappa shape index (κ3) is 3.91. The number of carbonyl (C=O) groups is 2. The summed E-state index contributed by atoms with van der Waals surface area (Å²) in [5, 5.41) is 5.29. The highest BCUT2D eigenvalue weighted by Gasteiger charge is 2.27. The molecule has 3 aromatic carbocycles. The van der Waals surface area contributed by atoms with Gasteiger partial charge in [0.05, 0.1) is 5.69 Å². The van der Waals surface area contributed by atoms with E-state index in [0.717, 1.165) is 40.1 Å². The van der Waals surface area contributed by atoms with Crippen molar-refractivity contribution in [2.75, 3.05) is 23.6 Å². The van der Waals surface area contributed by atoms with Crippen LogP contribution in [0.5, 0.6) is 11.5 Å². The molecule has 4 aromatic rings. The number of anilines is 2. The van der Waals surface area contributed by atoms with Crippen molar-refractivity contribution in [1.29, 1.82) is 0 Å². The SMILES string of the molecule is Cc1ccccc1C(=O)N1CCc2cc(-c3csc(NC(=O)c4ccc5c(c4)OCO5)n3)ccc21. The smallest absolute Gasteiger partial charge is 0.258 e. The Labute approximate surface area is 206 Å². The van der Waals surface area contributed by atoms with Crippen molar-refractivity contribution in [2.24, 2.45) is 0 Å². The van der Waals surface area contributed by atoms with Crippen LogP contribution in [0.2, 0.25) is 0 Å². The monoisotopic (exact) mass is 483 g/mol. The van der Waals surface area contributed by atoms with Gasteiger partial charge in [-0.1, -0.05) is 24.3 Å². The number of fused-ring (bicyclic) bond motifs is 2. The molecule has 2 amide bonds. The lowest BCUT2D eigenvalue weighted by molar-refractivity contribution is 0.0987. The molecule has 6 rings (SSSR count). The van der Waals surface area contributed by atoms with E-state index in [1.54, 1.807) is 18.2 Å². The first kappa shape index (κ1) is 21.4. The highest BCUT2D eigenvalue weighted by molar-refractivity contribution is 7.14. The molecule has 1 aromatic heterocycles. The van der Waals surface area contributed by atoms with Crippen LogP contribution in [-0.4, -0.2) is 30.1 Å². The van der Waals surface area contributed by atoms with Crippen LogP contribution in [0.25, 0.3) is 11.3 Å². The lowest BCUT2D eigenvalue weighted by Gasteiger charge is -2.18. The molecule has 0 radical (unpaired) electrons. The van der Waals surface area contributed by atoms with Crippen LogP contribution in [0.15, 0.2) is 66.0 Å². The van der Waals surface area contributed by atoms with Gasteiger partial charge in [-0.2, -0.15) is 0 Å². The van der Waals surface area contributed by atoms with Crippen LogP contribution in [0, 0.1) is 6.92 Å². The summed E-state index contributed by atoms with van der Waals surface area (Å²) in [7, 11) is 0. The number of hydrogen-bond donors (Lipinski definition) is 1. The highest BCUT2D eigenvalue weighted by atomic mass is 32.1. The topological polar surface area (TPSA) is 80.8 Å². The van der Waals surface area contributed by atoms with E-state index in [2.05, 4.69) is 16.4 Å². The molecule has 174 valence electrons. The standard InChI is InChI=1S/C27H21N3O4S/c1-16-4-2-3-5-20(16)26(32)30-11-10-18-12-17(6-8-22(18)30)21-14-35-27(28-21)29-25(31)19-7-9-23-24(13-19)34-15-33-23/h2-9,12-14H,10-11,15H2,1H3,(H,28,29,31). The van der Waals surface area contributed by atoms with Gasteiger partial charge in [0.2, 0.25) is 6.79 Å². The molecule has 0 atom stereocenters. The average molecular weight is 484 g/mol. The zero-order valence-corrected chi connectivity index (χ0v) is 19.7. The van der Waals surface area contributed by atoms with Gasteiger partial charge >= 0.3 is 0 Å². The zero-order chi connectivity index (χ0) is 23.9. The number of nitrogens with one attached hydrogen (secondary N) is 1. The largest absolute Gasteiger partial charge is 0.454 e. The fourth-order valence-electron chi connectivity index (χ4n) is 4.40. The number of ether oxygens (including phenoxy) is 2. The lowest BCUT2D eigenvalue weighted by atomic mass is 10.1. The molecular weight excluding hydrogens is 462 g/mol. The predicted molar refractivity (Wildman–Crippen MR) is 135 cm³/mol. The van der Waals surface area contributed by atoms with Crippen LogP contribution in [0.1, 0.15) is 31.8 Å². The number of hydrogen-bond acceptors (Lipinski definition) is 6. The van der Waals surface area contributed by atoms with Crippen molar-refractivity contribution in [3.8, 4) is 22.8 Å². The van der Waals surface area contributed by atoms with E-state index >= 15 is 0 Å². The number of benzene rings is 3. The summed E-state index contributed by atoms with van der Waals surface area (Å²) in [6.07, 6.45) is 0.790. The van der Waals surface area contributed by atoms with E-state index in [0.29, 0.717) is 28.7 Å². The highest BCUT2D eigenvalue weighted by Crippen LogP contribution is 2.35. The van der Waals surface area contributed by atoms with Gasteiger partial charge in [-0.25, -0.2) is 4.98 Å². The Balaban J connectivity index is 1.19. The molecule has 2 aliphatic heterocycles. The minimum atomic E-state index is -0.261. The Morgan fingerprint density at radius 3 is 2.77 bits per heavy atom. The van der Waals surface area contributed by atoms with Gasteiger partial charge in [-0.05, 0) is 60.9 Å². The molecule has 7 nitrogen and oxygen atoms in total. The minimum absolute atomic E-state index is 0.0248. The summed E-state index contributed by atoms with van der Waals surface area (Å²) in [5.74, 6) is 0.958. The van der Waals surface area contributed by atoms with Crippen molar-refractivity contribution in [3.05, 3.63) is 88.3 Å². The van der Waals surface area contributed by atoms with Gasteiger partial charge in [0, 0.05) is 34.3 Å². The quantitative estimate of drug-likeness (QED) is 0.426. The van der Waals surface area contributed by atoms with Crippen LogP contribution in [0.4, 0.5) is 10.8 Å². The first-order chi connectivity index (χ1) is 17.1. The number of aryl methyl sites for hydroxylation is 1. The maximum atomic E-state index is 13.1. The molecule has 0 bridgehead atoms. The average Bonchev–Trinajstić information content (AvgIpc) is 3.62. The summed E-state index contributed by atoms with van der Waals surface area (Å²) < 4.78 is 10.6. The molecule has 0 spiro atoms. The van der Waals surface area contributed by atoms with Crippen molar-refractivity contribution in [2.45, 2.75) is 13.3 Å². The number of nitrogens with zero attached hydrogens (tertiary/aromatic N) is 2. The van der Waals surface area contributed by atoms with E-state index in [-0.39, 0.29) is 18.6 Å². The molecule has 0 saturated heterocycles. The van der Waals surface area contributed by atoms with Crippen LogP contribution >= 0.6 is 11.3 Å². The lowest BCUT2D eigenvalue weighted by Crippen LogP contribution is -2.29. The first-order valence-electron chi connectivity index (χ1n) is 11.2. The van der Waals surface area contributed by atoms with E-state index < -0.39 is 0 Å². The Morgan fingerprint density at radius 2 is 1.89 bits per heavy atom. The first-order valence-corrected chi connectivity index (χ1v) is 12.1. The molecule has 1 N–H and O–H groups in total. The van der Waals surface area contributed by atoms with Crippen LogP contribution in [-0.2, 0) is 6.42 Å². The number of amides is 2. The van der Waals surface area contributed by atoms with Crippen molar-refractivity contribution < 1.29 is 19.1 Å². The second kappa shape index (κ2) is 8.56. The van der Waals surface area contributed by atoms with Gasteiger partial charge in [0.25, 0.3) is 11.8 Å². The third-order valence-electron chi connectivity index (χ3n) is 6.25. The fraction of sp³-hybridized carbons (Fsp3) is 0.148. The molecule has 0 aliphatic carbocycles. The van der Waals surface area contributed by atoms with Gasteiger partial charge in [-0.3, -0.25) is 14.9 Å². The Bertz CT molecular complexity index is 1480. The summed E-state index contributed by atoms with van der Waals surface area (Å²) >= 11 is 1.37. The molecular formula is C27H21N3O4S. The minimum Gasteiger partial charge on any atom is -0.454 e. The van der Waals surface area contributed by atoms with E-state index in [9.17, 15) is 9.59 Å². The Kier molecular flexibility index (Phi) is 5.22. The number of rotatable bonds is 4. The molecule has 2 aliphatic rings. The van der Waals surface area contributed by atoms with Gasteiger partial charge in [0.15, 0.2) is 16.6 Å². The third-order valence-corrected chi connectivity index (χ3v) is 7.01. The fourth-order valence-corrected chi connectivity index (χ4v) is 5.12. The normalized spacial score (nSPS) is 13.6. The Hall–Kier alpha value is -4.17.